The minimum Gasteiger partial charge on any atom is -0.619 e. The van der Waals surface area contributed by atoms with Crippen molar-refractivity contribution in [2.24, 2.45) is 0 Å². The molecule has 0 atom stereocenters. The first-order chi connectivity index (χ1) is 8.15. The highest BCUT2D eigenvalue weighted by Gasteiger charge is 2.04. The van der Waals surface area contributed by atoms with E-state index in [-0.39, 0.29) is 5.78 Å². The minimum atomic E-state index is -0.181. The number of carbonyl (C=O) groups is 1. The number of allylic oxidation sites excluding steroid dienone is 1. The summed E-state index contributed by atoms with van der Waals surface area (Å²) in [5, 5.41) is 11.0. The summed E-state index contributed by atoms with van der Waals surface area (Å²) in [7, 11) is 0. The van der Waals surface area contributed by atoms with Crippen LogP contribution in [0.5, 0.6) is 0 Å². The summed E-state index contributed by atoms with van der Waals surface area (Å²) in [5.74, 6) is -0.181. The van der Waals surface area contributed by atoms with Crippen molar-refractivity contribution in [3.63, 3.8) is 0 Å². The molecule has 17 heavy (non-hydrogen) atoms. The van der Waals surface area contributed by atoms with E-state index in [0.717, 1.165) is 8.66 Å². The van der Waals surface area contributed by atoms with E-state index >= 15 is 0 Å². The molecular weight excluding hydrogens is 302 g/mol. The van der Waals surface area contributed by atoms with Crippen LogP contribution in [0, 0.1) is 5.21 Å². The van der Waals surface area contributed by atoms with Crippen molar-refractivity contribution >= 4 is 39.1 Å². The van der Waals surface area contributed by atoms with Crippen molar-refractivity contribution in [3.05, 3.63) is 62.2 Å². The maximum atomic E-state index is 11.7. The summed E-state index contributed by atoms with van der Waals surface area (Å²) in [6.45, 7) is 0. The van der Waals surface area contributed by atoms with E-state index in [1.807, 2.05) is 12.1 Å². The van der Waals surface area contributed by atoms with Gasteiger partial charge in [-0.25, -0.2) is 0 Å². The van der Waals surface area contributed by atoms with E-state index in [1.165, 1.54) is 29.8 Å². The zero-order chi connectivity index (χ0) is 12.3. The quantitative estimate of drug-likeness (QED) is 0.378. The van der Waals surface area contributed by atoms with Crippen LogP contribution in [0.25, 0.3) is 6.08 Å². The summed E-state index contributed by atoms with van der Waals surface area (Å²) in [6, 6.07) is 7.00. The Kier molecular flexibility index (Phi) is 3.71. The summed E-state index contributed by atoms with van der Waals surface area (Å²) in [6.07, 6.45) is 5.81. The van der Waals surface area contributed by atoms with Crippen LogP contribution in [0.15, 0.2) is 46.5 Å². The molecular formula is C12H8BrNO2S. The topological polar surface area (TPSA) is 44.0 Å². The molecule has 0 saturated carbocycles. The van der Waals surface area contributed by atoms with E-state index < -0.39 is 0 Å². The van der Waals surface area contributed by atoms with E-state index in [9.17, 15) is 10.0 Å². The highest BCUT2D eigenvalue weighted by atomic mass is 79.9. The van der Waals surface area contributed by atoms with Gasteiger partial charge in [0.25, 0.3) is 0 Å². The predicted octanol–water partition coefficient (Wildman–Crippen LogP) is 3.04. The Balaban J connectivity index is 2.14. The van der Waals surface area contributed by atoms with Crippen LogP contribution in [0.1, 0.15) is 15.2 Å². The lowest BCUT2D eigenvalue weighted by molar-refractivity contribution is -0.605. The smallest absolute Gasteiger partial charge is 0.191 e. The fourth-order valence-corrected chi connectivity index (χ4v) is 2.60. The molecule has 3 nitrogen and oxygen atoms in total. The summed E-state index contributed by atoms with van der Waals surface area (Å²) < 4.78 is 1.63. The van der Waals surface area contributed by atoms with Gasteiger partial charge in [-0.1, -0.05) is 0 Å². The van der Waals surface area contributed by atoms with Crippen molar-refractivity contribution in [3.8, 4) is 0 Å². The Bertz CT molecular complexity index is 577. The predicted molar refractivity (Wildman–Crippen MR) is 70.8 cm³/mol. The molecule has 0 spiro atoms. The van der Waals surface area contributed by atoms with Gasteiger partial charge in [-0.15, -0.1) is 11.3 Å². The van der Waals surface area contributed by atoms with Gasteiger partial charge in [-0.05, 0) is 46.3 Å². The number of hydrogen-bond acceptors (Lipinski definition) is 3. The highest BCUT2D eigenvalue weighted by molar-refractivity contribution is 9.11. The molecule has 5 heteroatoms. The average Bonchev–Trinajstić information content (AvgIpc) is 2.72. The maximum Gasteiger partial charge on any atom is 0.191 e. The van der Waals surface area contributed by atoms with Crippen LogP contribution in [-0.2, 0) is 0 Å². The monoisotopic (exact) mass is 309 g/mol. The van der Waals surface area contributed by atoms with E-state index in [0.29, 0.717) is 10.3 Å². The lowest BCUT2D eigenvalue weighted by Crippen LogP contribution is -2.25. The van der Waals surface area contributed by atoms with Gasteiger partial charge in [-0.2, -0.15) is 4.73 Å². The third kappa shape index (κ3) is 3.25. The zero-order valence-electron chi connectivity index (χ0n) is 8.67. The number of thiophene rings is 1. The molecule has 0 aliphatic heterocycles. The van der Waals surface area contributed by atoms with Gasteiger partial charge in [0.15, 0.2) is 18.2 Å². The van der Waals surface area contributed by atoms with Crippen molar-refractivity contribution in [2.75, 3.05) is 0 Å². The standard InChI is InChI=1S/C12H8BrNO2S/c13-12-6-4-10(17-12)3-5-11(15)9-2-1-7-14(16)8-9/h1-8H/b5-3+. The van der Waals surface area contributed by atoms with Gasteiger partial charge in [0, 0.05) is 10.9 Å². The number of pyridine rings is 1. The van der Waals surface area contributed by atoms with Gasteiger partial charge < -0.3 is 5.21 Å². The van der Waals surface area contributed by atoms with Crippen molar-refractivity contribution in [2.45, 2.75) is 0 Å². The Morgan fingerprint density at radius 2 is 2.24 bits per heavy atom. The minimum absolute atomic E-state index is 0.181. The molecule has 0 unspecified atom stereocenters. The van der Waals surface area contributed by atoms with E-state index in [1.54, 1.807) is 18.2 Å². The summed E-state index contributed by atoms with van der Waals surface area (Å²) in [5.41, 5.74) is 0.384. The average molecular weight is 310 g/mol. The number of halogens is 1. The highest BCUT2D eigenvalue weighted by Crippen LogP contribution is 2.23. The Morgan fingerprint density at radius 1 is 1.41 bits per heavy atom. The van der Waals surface area contributed by atoms with Gasteiger partial charge in [0.2, 0.25) is 0 Å². The number of ketones is 1. The van der Waals surface area contributed by atoms with Crippen LogP contribution in [0.2, 0.25) is 0 Å². The fraction of sp³-hybridized carbons (Fsp3) is 0. The molecule has 0 N–H and O–H groups in total. The van der Waals surface area contributed by atoms with Crippen LogP contribution < -0.4 is 4.73 Å². The molecule has 2 aromatic rings. The lowest BCUT2D eigenvalue weighted by Gasteiger charge is -1.96. The number of hydrogen-bond donors (Lipinski definition) is 0. The van der Waals surface area contributed by atoms with Crippen molar-refractivity contribution in [1.29, 1.82) is 0 Å². The van der Waals surface area contributed by atoms with Gasteiger partial charge in [0.05, 0.1) is 9.35 Å². The number of nitrogens with zero attached hydrogens (tertiary/aromatic N) is 1. The summed E-state index contributed by atoms with van der Waals surface area (Å²) in [4.78, 5) is 12.7. The number of rotatable bonds is 3. The van der Waals surface area contributed by atoms with Crippen LogP contribution in [0.4, 0.5) is 0 Å². The Morgan fingerprint density at radius 3 is 2.88 bits per heavy atom. The van der Waals surface area contributed by atoms with Crippen LogP contribution >= 0.6 is 27.3 Å². The lowest BCUT2D eigenvalue weighted by atomic mass is 10.2. The molecule has 0 fully saturated rings. The molecule has 86 valence electrons. The first kappa shape index (κ1) is 12.0. The second kappa shape index (κ2) is 5.25. The number of aromatic nitrogens is 1. The second-order valence-corrected chi connectivity index (χ2v) is 5.79. The molecule has 0 aromatic carbocycles. The first-order valence-electron chi connectivity index (χ1n) is 4.82. The molecule has 0 amide bonds. The molecule has 0 saturated heterocycles. The van der Waals surface area contributed by atoms with Gasteiger partial charge in [0.1, 0.15) is 0 Å². The molecule has 0 aliphatic rings. The number of carbonyl (C=O) groups excluding carboxylic acids is 1. The molecule has 2 aromatic heterocycles. The summed E-state index contributed by atoms with van der Waals surface area (Å²) >= 11 is 4.89. The van der Waals surface area contributed by atoms with E-state index in [2.05, 4.69) is 15.9 Å². The molecule has 0 radical (unpaired) electrons. The van der Waals surface area contributed by atoms with Crippen LogP contribution in [0.3, 0.4) is 0 Å². The Hall–Kier alpha value is -1.46. The SMILES string of the molecule is O=C(/C=C/c1ccc(Br)s1)c1ccc[n+]([O-])c1. The van der Waals surface area contributed by atoms with Crippen LogP contribution in [-0.4, -0.2) is 5.78 Å². The van der Waals surface area contributed by atoms with Crippen molar-refractivity contribution in [1.82, 2.24) is 0 Å². The fourth-order valence-electron chi connectivity index (χ4n) is 1.27. The third-order valence-electron chi connectivity index (χ3n) is 2.05. The zero-order valence-corrected chi connectivity index (χ0v) is 11.1. The van der Waals surface area contributed by atoms with Gasteiger partial charge >= 0.3 is 0 Å². The molecule has 2 heterocycles. The first-order valence-corrected chi connectivity index (χ1v) is 6.43. The third-order valence-corrected chi connectivity index (χ3v) is 3.64. The van der Waals surface area contributed by atoms with Crippen molar-refractivity contribution < 1.29 is 9.52 Å². The van der Waals surface area contributed by atoms with Gasteiger partial charge in [-0.3, -0.25) is 4.79 Å². The largest absolute Gasteiger partial charge is 0.619 e. The Labute approximate surface area is 111 Å². The van der Waals surface area contributed by atoms with E-state index in [4.69, 9.17) is 0 Å². The molecule has 0 aliphatic carbocycles. The molecule has 0 bridgehead atoms. The normalized spacial score (nSPS) is 10.9. The molecule has 2 rings (SSSR count). The second-order valence-electron chi connectivity index (χ2n) is 3.29. The maximum absolute atomic E-state index is 11.7.